The molecule has 9 heteroatoms. The van der Waals surface area contributed by atoms with Gasteiger partial charge in [-0.05, 0) is 82.2 Å². The molecule has 0 aromatic heterocycles. The van der Waals surface area contributed by atoms with E-state index >= 15 is 0 Å². The van der Waals surface area contributed by atoms with Crippen LogP contribution >= 0.6 is 23.4 Å². The van der Waals surface area contributed by atoms with Gasteiger partial charge in [-0.1, -0.05) is 61.3 Å². The molecule has 0 aliphatic heterocycles. The highest BCUT2D eigenvalue weighted by molar-refractivity contribution is 7.98. The van der Waals surface area contributed by atoms with Crippen molar-refractivity contribution in [2.75, 3.05) is 23.9 Å². The molecule has 0 aliphatic rings. The van der Waals surface area contributed by atoms with Crippen LogP contribution in [0.2, 0.25) is 5.02 Å². The lowest BCUT2D eigenvalue weighted by atomic mass is 9.97. The number of benzene rings is 2. The van der Waals surface area contributed by atoms with Crippen LogP contribution in [0.5, 0.6) is 0 Å². The standard InChI is InChI=1S/C30H42ClN3O4S/c1-8-9-18-34(28(36)24(17-19-39-7)32-29(37)38-30(4,5)6)26(22-15-11-10-13-20(22)2)27(35)33-25-21(3)14-12-16-23(25)31/h10-16,24,26H,8-9,17-19H2,1-7H3,(H,32,37)(H,33,35). The Morgan fingerprint density at radius 3 is 2.31 bits per heavy atom. The highest BCUT2D eigenvalue weighted by atomic mass is 35.5. The zero-order valence-electron chi connectivity index (χ0n) is 24.1. The average Bonchev–Trinajstić information content (AvgIpc) is 2.85. The van der Waals surface area contributed by atoms with Crippen LogP contribution in [-0.2, 0) is 14.3 Å². The number of nitrogens with one attached hydrogen (secondary N) is 2. The predicted octanol–water partition coefficient (Wildman–Crippen LogP) is 6.91. The fourth-order valence-corrected chi connectivity index (χ4v) is 4.90. The summed E-state index contributed by atoms with van der Waals surface area (Å²) in [5.74, 6) is -0.0538. The van der Waals surface area contributed by atoms with Gasteiger partial charge in [0.25, 0.3) is 5.91 Å². The van der Waals surface area contributed by atoms with Crippen LogP contribution in [0.1, 0.15) is 69.7 Å². The quantitative estimate of drug-likeness (QED) is 0.287. The van der Waals surface area contributed by atoms with Crippen molar-refractivity contribution in [1.29, 1.82) is 0 Å². The molecule has 0 saturated carbocycles. The van der Waals surface area contributed by atoms with Gasteiger partial charge in [-0.2, -0.15) is 11.8 Å². The summed E-state index contributed by atoms with van der Waals surface area (Å²) >= 11 is 8.02. The van der Waals surface area contributed by atoms with Crippen molar-refractivity contribution in [3.05, 3.63) is 64.2 Å². The third-order valence-electron chi connectivity index (χ3n) is 6.15. The molecule has 2 unspecified atom stereocenters. The fraction of sp³-hybridized carbons (Fsp3) is 0.500. The molecular formula is C30H42ClN3O4S. The lowest BCUT2D eigenvalue weighted by molar-refractivity contribution is -0.141. The van der Waals surface area contributed by atoms with Gasteiger partial charge in [-0.25, -0.2) is 4.79 Å². The van der Waals surface area contributed by atoms with Crippen molar-refractivity contribution in [3.8, 4) is 0 Å². The van der Waals surface area contributed by atoms with Crippen molar-refractivity contribution >= 4 is 47.0 Å². The molecule has 0 aliphatic carbocycles. The highest BCUT2D eigenvalue weighted by Gasteiger charge is 2.36. The van der Waals surface area contributed by atoms with Gasteiger partial charge >= 0.3 is 6.09 Å². The molecule has 2 aromatic rings. The lowest BCUT2D eigenvalue weighted by Gasteiger charge is -2.35. The molecule has 0 spiro atoms. The van der Waals surface area contributed by atoms with E-state index in [-0.39, 0.29) is 11.8 Å². The van der Waals surface area contributed by atoms with Crippen LogP contribution in [0.25, 0.3) is 0 Å². The number of hydrogen-bond donors (Lipinski definition) is 2. The molecule has 0 heterocycles. The van der Waals surface area contributed by atoms with E-state index in [9.17, 15) is 14.4 Å². The molecule has 0 fully saturated rings. The number of alkyl carbamates (subject to hydrolysis) is 1. The molecule has 39 heavy (non-hydrogen) atoms. The maximum absolute atomic E-state index is 14.2. The third-order valence-corrected chi connectivity index (χ3v) is 7.11. The van der Waals surface area contributed by atoms with E-state index < -0.39 is 23.8 Å². The van der Waals surface area contributed by atoms with Crippen molar-refractivity contribution in [2.24, 2.45) is 0 Å². The molecule has 0 radical (unpaired) electrons. The van der Waals surface area contributed by atoms with Gasteiger partial charge in [0, 0.05) is 6.54 Å². The van der Waals surface area contributed by atoms with Crippen molar-refractivity contribution in [2.45, 2.75) is 78.5 Å². The summed E-state index contributed by atoms with van der Waals surface area (Å²) in [7, 11) is 0. The van der Waals surface area contributed by atoms with Crippen molar-refractivity contribution in [1.82, 2.24) is 10.2 Å². The summed E-state index contributed by atoms with van der Waals surface area (Å²) in [6.07, 6.45) is 3.19. The number of carbonyl (C=O) groups is 3. The Bertz CT molecular complexity index is 1120. The maximum atomic E-state index is 14.2. The molecule has 7 nitrogen and oxygen atoms in total. The summed E-state index contributed by atoms with van der Waals surface area (Å²) in [5, 5.41) is 6.18. The lowest BCUT2D eigenvalue weighted by Crippen LogP contribution is -2.53. The second kappa shape index (κ2) is 15.2. The number of ether oxygens (including phenoxy) is 1. The summed E-state index contributed by atoms with van der Waals surface area (Å²) in [5.41, 5.74) is 2.20. The van der Waals surface area contributed by atoms with Crippen LogP contribution in [-0.4, -0.2) is 53.0 Å². The normalized spacial score (nSPS) is 12.8. The summed E-state index contributed by atoms with van der Waals surface area (Å²) in [6.45, 7) is 11.5. The van der Waals surface area contributed by atoms with Gasteiger partial charge in [-0.15, -0.1) is 0 Å². The van der Waals surface area contributed by atoms with Gasteiger partial charge in [0.05, 0.1) is 10.7 Å². The molecule has 0 saturated heterocycles. The fourth-order valence-electron chi connectivity index (χ4n) is 4.16. The minimum atomic E-state index is -0.932. The van der Waals surface area contributed by atoms with E-state index in [2.05, 4.69) is 10.6 Å². The first-order chi connectivity index (χ1) is 18.4. The Labute approximate surface area is 242 Å². The third kappa shape index (κ3) is 9.76. The van der Waals surface area contributed by atoms with Gasteiger partial charge in [-0.3, -0.25) is 9.59 Å². The molecule has 2 rings (SSSR count). The van der Waals surface area contributed by atoms with Crippen LogP contribution < -0.4 is 10.6 Å². The number of carbonyl (C=O) groups excluding carboxylic acids is 3. The number of aryl methyl sites for hydroxylation is 2. The van der Waals surface area contributed by atoms with Crippen molar-refractivity contribution in [3.63, 3.8) is 0 Å². The minimum Gasteiger partial charge on any atom is -0.444 e. The summed E-state index contributed by atoms with van der Waals surface area (Å²) in [4.78, 5) is 42.6. The van der Waals surface area contributed by atoms with E-state index in [0.717, 1.165) is 17.5 Å². The Morgan fingerprint density at radius 1 is 1.05 bits per heavy atom. The highest BCUT2D eigenvalue weighted by Crippen LogP contribution is 2.31. The molecule has 3 amide bonds. The van der Waals surface area contributed by atoms with E-state index in [0.29, 0.717) is 41.4 Å². The summed E-state index contributed by atoms with van der Waals surface area (Å²) < 4.78 is 5.45. The minimum absolute atomic E-state index is 0.331. The zero-order valence-corrected chi connectivity index (χ0v) is 25.7. The van der Waals surface area contributed by atoms with Crippen molar-refractivity contribution < 1.29 is 19.1 Å². The second-order valence-electron chi connectivity index (χ2n) is 10.5. The zero-order chi connectivity index (χ0) is 29.2. The van der Waals surface area contributed by atoms with E-state index in [1.54, 1.807) is 43.5 Å². The number of hydrogen-bond acceptors (Lipinski definition) is 5. The Kier molecular flexibility index (Phi) is 12.6. The SMILES string of the molecule is CCCCN(C(=O)C(CCSC)NC(=O)OC(C)(C)C)C(C(=O)Nc1c(C)cccc1Cl)c1ccccc1C. The summed E-state index contributed by atoms with van der Waals surface area (Å²) in [6, 6.07) is 11.2. The predicted molar refractivity (Wildman–Crippen MR) is 162 cm³/mol. The van der Waals surface area contributed by atoms with E-state index in [1.165, 1.54) is 0 Å². The topological polar surface area (TPSA) is 87.7 Å². The Hall–Kier alpha value is -2.71. The molecule has 214 valence electrons. The number of unbranched alkanes of at least 4 members (excludes halogenated alkanes) is 1. The first-order valence-electron chi connectivity index (χ1n) is 13.3. The molecule has 2 atom stereocenters. The number of halogens is 1. The largest absolute Gasteiger partial charge is 0.444 e. The molecule has 2 aromatic carbocycles. The number of amides is 3. The second-order valence-corrected chi connectivity index (χ2v) is 11.9. The van der Waals surface area contributed by atoms with Gasteiger partial charge in [0.2, 0.25) is 5.91 Å². The van der Waals surface area contributed by atoms with Crippen LogP contribution in [0.4, 0.5) is 10.5 Å². The maximum Gasteiger partial charge on any atom is 0.408 e. The number of nitrogens with zero attached hydrogens (tertiary/aromatic N) is 1. The van der Waals surface area contributed by atoms with Gasteiger partial charge < -0.3 is 20.3 Å². The number of para-hydroxylation sites is 1. The average molecular weight is 576 g/mol. The van der Waals surface area contributed by atoms with Gasteiger partial charge in [0.15, 0.2) is 0 Å². The smallest absolute Gasteiger partial charge is 0.408 e. The van der Waals surface area contributed by atoms with E-state index in [1.807, 2.05) is 63.4 Å². The van der Waals surface area contributed by atoms with Crippen LogP contribution in [0.15, 0.2) is 42.5 Å². The Balaban J connectivity index is 2.56. The van der Waals surface area contributed by atoms with Crippen LogP contribution in [0.3, 0.4) is 0 Å². The van der Waals surface area contributed by atoms with Gasteiger partial charge in [0.1, 0.15) is 17.7 Å². The molecule has 2 N–H and O–H groups in total. The van der Waals surface area contributed by atoms with Crippen LogP contribution in [0, 0.1) is 13.8 Å². The monoisotopic (exact) mass is 575 g/mol. The molecule has 0 bridgehead atoms. The van der Waals surface area contributed by atoms with E-state index in [4.69, 9.17) is 16.3 Å². The number of rotatable bonds is 12. The number of thioether (sulfide) groups is 1. The molecular weight excluding hydrogens is 534 g/mol. The first kappa shape index (κ1) is 32.5. The number of anilines is 1. The Morgan fingerprint density at radius 2 is 1.72 bits per heavy atom. The first-order valence-corrected chi connectivity index (χ1v) is 15.1.